The normalized spacial score (nSPS) is 17.6. The molecule has 1 N–H and O–H groups in total. The molecule has 0 saturated carbocycles. The molecule has 0 spiro atoms. The zero-order valence-corrected chi connectivity index (χ0v) is 10.7. The lowest BCUT2D eigenvalue weighted by molar-refractivity contribution is -0.117. The van der Waals surface area contributed by atoms with Gasteiger partial charge >= 0.3 is 0 Å². The molecule has 1 heterocycles. The zero-order chi connectivity index (χ0) is 13.1. The molecule has 0 fully saturated rings. The van der Waals surface area contributed by atoms with Crippen LogP contribution in [0.1, 0.15) is 29.9 Å². The van der Waals surface area contributed by atoms with E-state index in [0.29, 0.717) is 0 Å². The number of anilines is 1. The van der Waals surface area contributed by atoms with Gasteiger partial charge in [-0.3, -0.25) is 9.78 Å². The summed E-state index contributed by atoms with van der Waals surface area (Å²) in [5.74, 6) is 0.0523. The fraction of sp³-hybridized carbons (Fsp3) is 0.250. The fourth-order valence-corrected chi connectivity index (χ4v) is 2.69. The van der Waals surface area contributed by atoms with Crippen LogP contribution in [-0.2, 0) is 11.2 Å². The number of carbonyl (C=O) groups is 1. The molecule has 0 aliphatic heterocycles. The van der Waals surface area contributed by atoms with E-state index in [0.717, 1.165) is 24.9 Å². The monoisotopic (exact) mass is 252 g/mol. The van der Waals surface area contributed by atoms with Crippen LogP contribution < -0.4 is 5.32 Å². The number of pyridine rings is 1. The molecule has 1 aromatic heterocycles. The second-order valence-corrected chi connectivity index (χ2v) is 4.87. The highest BCUT2D eigenvalue weighted by molar-refractivity contribution is 5.96. The molecule has 1 unspecified atom stereocenters. The van der Waals surface area contributed by atoms with Gasteiger partial charge in [-0.15, -0.1) is 0 Å². The number of carbonyl (C=O) groups excluding carboxylic acids is 1. The molecular weight excluding hydrogens is 236 g/mol. The summed E-state index contributed by atoms with van der Waals surface area (Å²) in [4.78, 5) is 16.3. The summed E-state index contributed by atoms with van der Waals surface area (Å²) in [7, 11) is 0. The van der Waals surface area contributed by atoms with Crippen LogP contribution in [0.15, 0.2) is 48.8 Å². The second-order valence-electron chi connectivity index (χ2n) is 4.87. The van der Waals surface area contributed by atoms with Crippen LogP contribution in [0, 0.1) is 0 Å². The smallest absolute Gasteiger partial charge is 0.231 e. The Bertz CT molecular complexity index is 580. The molecule has 3 rings (SSSR count). The number of amides is 1. The highest BCUT2D eigenvalue weighted by Crippen LogP contribution is 2.32. The molecule has 1 aliphatic rings. The summed E-state index contributed by atoms with van der Waals surface area (Å²) in [5.41, 5.74) is 3.30. The van der Waals surface area contributed by atoms with Crippen molar-refractivity contribution >= 4 is 11.6 Å². The van der Waals surface area contributed by atoms with Crippen molar-refractivity contribution < 1.29 is 4.79 Å². The molecule has 0 radical (unpaired) electrons. The van der Waals surface area contributed by atoms with Gasteiger partial charge in [0.25, 0.3) is 0 Å². The van der Waals surface area contributed by atoms with Gasteiger partial charge in [0.05, 0.1) is 5.92 Å². The maximum absolute atomic E-state index is 12.4. The minimum absolute atomic E-state index is 0.0295. The van der Waals surface area contributed by atoms with Gasteiger partial charge in [0.1, 0.15) is 0 Å². The number of nitrogens with one attached hydrogen (secondary N) is 1. The summed E-state index contributed by atoms with van der Waals surface area (Å²) in [5, 5.41) is 2.97. The van der Waals surface area contributed by atoms with Gasteiger partial charge in [-0.25, -0.2) is 0 Å². The third kappa shape index (κ3) is 2.50. The molecule has 0 saturated heterocycles. The highest BCUT2D eigenvalue weighted by Gasteiger charge is 2.25. The van der Waals surface area contributed by atoms with Gasteiger partial charge in [0, 0.05) is 18.1 Å². The van der Waals surface area contributed by atoms with Crippen molar-refractivity contribution in [2.24, 2.45) is 0 Å². The Kier molecular flexibility index (Phi) is 3.27. The average Bonchev–Trinajstić information content (AvgIpc) is 2.47. The van der Waals surface area contributed by atoms with Crippen LogP contribution in [0.4, 0.5) is 5.69 Å². The Labute approximate surface area is 112 Å². The first-order valence-corrected chi connectivity index (χ1v) is 6.63. The molecule has 3 nitrogen and oxygen atoms in total. The Balaban J connectivity index is 1.82. The minimum atomic E-state index is -0.0295. The minimum Gasteiger partial charge on any atom is -0.325 e. The number of benzene rings is 1. The van der Waals surface area contributed by atoms with E-state index in [1.54, 1.807) is 12.4 Å². The van der Waals surface area contributed by atoms with E-state index < -0.39 is 0 Å². The van der Waals surface area contributed by atoms with E-state index in [2.05, 4.69) is 22.4 Å². The van der Waals surface area contributed by atoms with Gasteiger partial charge in [-0.1, -0.05) is 24.3 Å². The summed E-state index contributed by atoms with van der Waals surface area (Å²) in [6.45, 7) is 0. The summed E-state index contributed by atoms with van der Waals surface area (Å²) in [6, 6.07) is 11.9. The number of rotatable bonds is 2. The van der Waals surface area contributed by atoms with Gasteiger partial charge < -0.3 is 5.32 Å². The van der Waals surface area contributed by atoms with Gasteiger partial charge in [0.15, 0.2) is 0 Å². The Morgan fingerprint density at radius 2 is 1.95 bits per heavy atom. The van der Waals surface area contributed by atoms with Crippen molar-refractivity contribution in [3.63, 3.8) is 0 Å². The maximum Gasteiger partial charge on any atom is 0.231 e. The number of fused-ring (bicyclic) bond motifs is 1. The second kappa shape index (κ2) is 5.22. The first-order chi connectivity index (χ1) is 9.34. The highest BCUT2D eigenvalue weighted by atomic mass is 16.1. The van der Waals surface area contributed by atoms with Gasteiger partial charge in [-0.2, -0.15) is 0 Å². The standard InChI is InChI=1S/C16H16N2O/c19-16(18-13-8-10-17-11-9-13)15-7-3-5-12-4-1-2-6-14(12)15/h1-2,4,6,8-11,15H,3,5,7H2,(H,17,18,19). The van der Waals surface area contributed by atoms with Crippen molar-refractivity contribution in [2.45, 2.75) is 25.2 Å². The van der Waals surface area contributed by atoms with Crippen LogP contribution in [-0.4, -0.2) is 10.9 Å². The number of hydrogen-bond acceptors (Lipinski definition) is 2. The number of aryl methyl sites for hydroxylation is 1. The predicted octanol–water partition coefficient (Wildman–Crippen LogP) is 3.14. The van der Waals surface area contributed by atoms with Crippen LogP contribution in [0.5, 0.6) is 0 Å². The maximum atomic E-state index is 12.4. The molecule has 3 heteroatoms. The number of nitrogens with zero attached hydrogens (tertiary/aromatic N) is 1. The first kappa shape index (κ1) is 11.9. The van der Waals surface area contributed by atoms with E-state index in [1.165, 1.54) is 11.1 Å². The average molecular weight is 252 g/mol. The SMILES string of the molecule is O=C(Nc1ccncc1)C1CCCc2ccccc21. The fourth-order valence-electron chi connectivity index (χ4n) is 2.69. The summed E-state index contributed by atoms with van der Waals surface area (Å²) < 4.78 is 0. The third-order valence-corrected chi connectivity index (χ3v) is 3.63. The first-order valence-electron chi connectivity index (χ1n) is 6.63. The van der Waals surface area contributed by atoms with Crippen molar-refractivity contribution in [3.8, 4) is 0 Å². The largest absolute Gasteiger partial charge is 0.325 e. The quantitative estimate of drug-likeness (QED) is 0.892. The Morgan fingerprint density at radius 3 is 2.79 bits per heavy atom. The van der Waals surface area contributed by atoms with Crippen LogP contribution in [0.2, 0.25) is 0 Å². The van der Waals surface area contributed by atoms with E-state index in [1.807, 2.05) is 24.3 Å². The van der Waals surface area contributed by atoms with Crippen molar-refractivity contribution in [2.75, 3.05) is 5.32 Å². The molecule has 96 valence electrons. The third-order valence-electron chi connectivity index (χ3n) is 3.63. The Hall–Kier alpha value is -2.16. The lowest BCUT2D eigenvalue weighted by atomic mass is 9.82. The number of hydrogen-bond donors (Lipinski definition) is 1. The lowest BCUT2D eigenvalue weighted by Gasteiger charge is -2.24. The van der Waals surface area contributed by atoms with Gasteiger partial charge in [0.2, 0.25) is 5.91 Å². The van der Waals surface area contributed by atoms with Crippen LogP contribution in [0.3, 0.4) is 0 Å². The molecule has 0 bridgehead atoms. The molecular formula is C16H16N2O. The van der Waals surface area contributed by atoms with Crippen molar-refractivity contribution in [1.82, 2.24) is 4.98 Å². The molecule has 1 amide bonds. The van der Waals surface area contributed by atoms with Crippen molar-refractivity contribution in [1.29, 1.82) is 0 Å². The number of aromatic nitrogens is 1. The molecule has 1 atom stereocenters. The summed E-state index contributed by atoms with van der Waals surface area (Å²) >= 11 is 0. The van der Waals surface area contributed by atoms with E-state index in [4.69, 9.17) is 0 Å². The lowest BCUT2D eigenvalue weighted by Crippen LogP contribution is -2.24. The zero-order valence-electron chi connectivity index (χ0n) is 10.7. The predicted molar refractivity (Wildman–Crippen MR) is 75.0 cm³/mol. The topological polar surface area (TPSA) is 42.0 Å². The molecule has 2 aromatic rings. The van der Waals surface area contributed by atoms with E-state index >= 15 is 0 Å². The molecule has 1 aromatic carbocycles. The van der Waals surface area contributed by atoms with Gasteiger partial charge in [-0.05, 0) is 42.5 Å². The molecule has 19 heavy (non-hydrogen) atoms. The van der Waals surface area contributed by atoms with Crippen molar-refractivity contribution in [3.05, 3.63) is 59.9 Å². The van der Waals surface area contributed by atoms with E-state index in [9.17, 15) is 4.79 Å². The van der Waals surface area contributed by atoms with E-state index in [-0.39, 0.29) is 11.8 Å². The van der Waals surface area contributed by atoms with Crippen LogP contribution in [0.25, 0.3) is 0 Å². The van der Waals surface area contributed by atoms with Crippen LogP contribution >= 0.6 is 0 Å². The Morgan fingerprint density at radius 1 is 1.16 bits per heavy atom. The summed E-state index contributed by atoms with van der Waals surface area (Å²) in [6.07, 6.45) is 6.45. The molecule has 1 aliphatic carbocycles.